The molecule has 30 heavy (non-hydrogen) atoms. The van der Waals surface area contributed by atoms with E-state index in [1.54, 1.807) is 39.1 Å². The highest BCUT2D eigenvalue weighted by Gasteiger charge is 2.29. The second kappa shape index (κ2) is 9.05. The van der Waals surface area contributed by atoms with Crippen LogP contribution >= 0.6 is 0 Å². The highest BCUT2D eigenvalue weighted by molar-refractivity contribution is 5.94. The van der Waals surface area contributed by atoms with Crippen LogP contribution in [0, 0.1) is 0 Å². The number of nitrogens with zero attached hydrogens (tertiary/aromatic N) is 2. The minimum absolute atomic E-state index is 0.0177. The van der Waals surface area contributed by atoms with Crippen molar-refractivity contribution in [1.29, 1.82) is 0 Å². The quantitative estimate of drug-likeness (QED) is 0.684. The third kappa shape index (κ3) is 5.64. The Morgan fingerprint density at radius 1 is 1.07 bits per heavy atom. The van der Waals surface area contributed by atoms with Gasteiger partial charge in [0, 0.05) is 18.0 Å². The summed E-state index contributed by atoms with van der Waals surface area (Å²) in [5, 5.41) is 12.6. The lowest BCUT2D eigenvalue weighted by Gasteiger charge is -2.27. The van der Waals surface area contributed by atoms with Gasteiger partial charge in [-0.25, -0.2) is 9.69 Å². The number of hydrogen-bond donors (Lipinski definition) is 1. The van der Waals surface area contributed by atoms with E-state index in [0.29, 0.717) is 5.56 Å². The summed E-state index contributed by atoms with van der Waals surface area (Å²) in [5.74, 6) is -0.442. The van der Waals surface area contributed by atoms with Crippen molar-refractivity contribution < 1.29 is 19.4 Å². The molecule has 156 valence electrons. The number of fused-ring (bicyclic) bond motifs is 1. The first-order valence-corrected chi connectivity index (χ1v) is 9.82. The fraction of sp³-hybridized carbons (Fsp3) is 0.292. The van der Waals surface area contributed by atoms with Crippen molar-refractivity contribution in [1.82, 2.24) is 9.88 Å². The number of hydrogen-bond acceptors (Lipinski definition) is 5. The third-order valence-corrected chi connectivity index (χ3v) is 4.51. The average Bonchev–Trinajstić information content (AvgIpc) is 2.71. The van der Waals surface area contributed by atoms with Crippen LogP contribution in [0.25, 0.3) is 10.8 Å². The van der Waals surface area contributed by atoms with Gasteiger partial charge in [0.1, 0.15) is 5.60 Å². The minimum atomic E-state index is -1.06. The maximum Gasteiger partial charge on any atom is 0.417 e. The molecule has 0 aliphatic heterocycles. The Morgan fingerprint density at radius 3 is 2.47 bits per heavy atom. The van der Waals surface area contributed by atoms with Crippen molar-refractivity contribution in [2.24, 2.45) is 0 Å². The molecule has 2 aromatic carbocycles. The van der Waals surface area contributed by atoms with Crippen LogP contribution in [0.2, 0.25) is 0 Å². The first-order chi connectivity index (χ1) is 14.2. The average molecular weight is 406 g/mol. The Hall–Kier alpha value is -3.25. The molecule has 0 saturated heterocycles. The SMILES string of the molecule is CC(C)(C)OC(=O)N(CC(O)c1cccnc1)C(=O)Cc1ccc2ccccc2c1. The molecule has 6 heteroatoms. The smallest absolute Gasteiger partial charge is 0.417 e. The van der Waals surface area contributed by atoms with Crippen LogP contribution in [0.5, 0.6) is 0 Å². The maximum absolute atomic E-state index is 13.0. The molecule has 3 aromatic rings. The number of aromatic nitrogens is 1. The first kappa shape index (κ1) is 21.5. The summed E-state index contributed by atoms with van der Waals surface area (Å²) in [6, 6.07) is 17.0. The molecule has 0 aliphatic rings. The molecule has 1 unspecified atom stereocenters. The van der Waals surface area contributed by atoms with Crippen molar-refractivity contribution >= 4 is 22.8 Å². The second-order valence-corrected chi connectivity index (χ2v) is 8.15. The molecule has 0 spiro atoms. The van der Waals surface area contributed by atoms with E-state index in [-0.39, 0.29) is 13.0 Å². The Bertz CT molecular complexity index is 1030. The molecule has 1 heterocycles. The maximum atomic E-state index is 13.0. The van der Waals surface area contributed by atoms with Crippen LogP contribution in [0.4, 0.5) is 4.79 Å². The Morgan fingerprint density at radius 2 is 1.80 bits per heavy atom. The highest BCUT2D eigenvalue weighted by atomic mass is 16.6. The second-order valence-electron chi connectivity index (χ2n) is 8.15. The molecule has 3 rings (SSSR count). The van der Waals surface area contributed by atoms with Gasteiger partial charge in [-0.3, -0.25) is 9.78 Å². The zero-order valence-corrected chi connectivity index (χ0v) is 17.4. The molecule has 0 saturated carbocycles. The molecule has 6 nitrogen and oxygen atoms in total. The van der Waals surface area contributed by atoms with Gasteiger partial charge in [0.25, 0.3) is 0 Å². The predicted molar refractivity (Wildman–Crippen MR) is 115 cm³/mol. The van der Waals surface area contributed by atoms with Gasteiger partial charge in [-0.2, -0.15) is 0 Å². The number of benzene rings is 2. The van der Waals surface area contributed by atoms with Gasteiger partial charge in [-0.15, -0.1) is 0 Å². The number of aliphatic hydroxyl groups is 1. The summed E-state index contributed by atoms with van der Waals surface area (Å²) in [6.07, 6.45) is 1.27. The van der Waals surface area contributed by atoms with Crippen molar-refractivity contribution in [2.45, 2.75) is 38.9 Å². The largest absolute Gasteiger partial charge is 0.443 e. The van der Waals surface area contributed by atoms with Gasteiger partial charge >= 0.3 is 6.09 Å². The summed E-state index contributed by atoms with van der Waals surface area (Å²) in [7, 11) is 0. The van der Waals surface area contributed by atoms with Crippen molar-refractivity contribution in [2.75, 3.05) is 6.54 Å². The summed E-state index contributed by atoms with van der Waals surface area (Å²) in [5.41, 5.74) is 0.533. The molecule has 0 fully saturated rings. The van der Waals surface area contributed by atoms with E-state index in [1.165, 1.54) is 6.20 Å². The Balaban J connectivity index is 1.81. The van der Waals surface area contributed by atoms with Crippen molar-refractivity contribution in [3.8, 4) is 0 Å². The van der Waals surface area contributed by atoms with E-state index < -0.39 is 23.7 Å². The molecule has 1 N–H and O–H groups in total. The standard InChI is InChI=1S/C24H26N2O4/c1-24(2,3)30-23(29)26(16-21(27)20-9-6-12-25-15-20)22(28)14-17-10-11-18-7-4-5-8-19(18)13-17/h4-13,15,21,27H,14,16H2,1-3H3. The summed E-state index contributed by atoms with van der Waals surface area (Å²) in [6.45, 7) is 4.98. The molecular formula is C24H26N2O4. The number of imide groups is 1. The zero-order chi connectivity index (χ0) is 21.7. The van der Waals surface area contributed by atoms with Crippen molar-refractivity contribution in [3.05, 3.63) is 78.1 Å². The number of ether oxygens (including phenoxy) is 1. The molecular weight excluding hydrogens is 380 g/mol. The van der Waals surface area contributed by atoms with Gasteiger partial charge in [0.15, 0.2) is 0 Å². The predicted octanol–water partition coefficient (Wildman–Crippen LogP) is 4.27. The van der Waals surface area contributed by atoms with Crippen molar-refractivity contribution in [3.63, 3.8) is 0 Å². The molecule has 1 atom stereocenters. The van der Waals surface area contributed by atoms with Crippen LogP contribution in [0.3, 0.4) is 0 Å². The number of pyridine rings is 1. The van der Waals surface area contributed by atoms with E-state index in [0.717, 1.165) is 21.2 Å². The molecule has 2 amide bonds. The number of aliphatic hydroxyl groups excluding tert-OH is 1. The summed E-state index contributed by atoms with van der Waals surface area (Å²) < 4.78 is 5.41. The lowest BCUT2D eigenvalue weighted by Crippen LogP contribution is -2.43. The van der Waals surface area contributed by atoms with Crippen LogP contribution in [0.1, 0.15) is 38.0 Å². The summed E-state index contributed by atoms with van der Waals surface area (Å²) >= 11 is 0. The molecule has 0 radical (unpaired) electrons. The van der Waals surface area contributed by atoms with E-state index in [1.807, 2.05) is 42.5 Å². The van der Waals surface area contributed by atoms with E-state index in [4.69, 9.17) is 4.74 Å². The molecule has 0 bridgehead atoms. The van der Waals surface area contributed by atoms with E-state index >= 15 is 0 Å². The molecule has 0 aliphatic carbocycles. The van der Waals surface area contributed by atoms with Gasteiger partial charge in [-0.1, -0.05) is 48.5 Å². The van der Waals surface area contributed by atoms with Gasteiger partial charge in [0.05, 0.1) is 19.1 Å². The van der Waals surface area contributed by atoms with Crippen LogP contribution in [0.15, 0.2) is 67.0 Å². The van der Waals surface area contributed by atoms with Gasteiger partial charge in [-0.05, 0) is 43.2 Å². The minimum Gasteiger partial charge on any atom is -0.443 e. The van der Waals surface area contributed by atoms with E-state index in [9.17, 15) is 14.7 Å². The lowest BCUT2D eigenvalue weighted by molar-refractivity contribution is -0.131. The Kier molecular flexibility index (Phi) is 6.47. The lowest BCUT2D eigenvalue weighted by atomic mass is 10.0. The zero-order valence-electron chi connectivity index (χ0n) is 17.4. The van der Waals surface area contributed by atoms with E-state index in [2.05, 4.69) is 4.98 Å². The monoisotopic (exact) mass is 406 g/mol. The first-order valence-electron chi connectivity index (χ1n) is 9.82. The third-order valence-electron chi connectivity index (χ3n) is 4.51. The van der Waals surface area contributed by atoms with Crippen LogP contribution in [-0.4, -0.2) is 39.1 Å². The Labute approximate surface area is 176 Å². The normalized spacial score (nSPS) is 12.4. The van der Waals surface area contributed by atoms with Crippen LogP contribution < -0.4 is 0 Å². The summed E-state index contributed by atoms with van der Waals surface area (Å²) in [4.78, 5) is 30.7. The fourth-order valence-electron chi connectivity index (χ4n) is 3.07. The van der Waals surface area contributed by atoms with Gasteiger partial charge in [0.2, 0.25) is 5.91 Å². The topological polar surface area (TPSA) is 79.7 Å². The number of rotatable bonds is 5. The highest BCUT2D eigenvalue weighted by Crippen LogP contribution is 2.19. The van der Waals surface area contributed by atoms with Crippen LogP contribution in [-0.2, 0) is 16.0 Å². The fourth-order valence-corrected chi connectivity index (χ4v) is 3.07. The molecule has 1 aromatic heterocycles. The number of carbonyl (C=O) groups is 2. The van der Waals surface area contributed by atoms with Gasteiger partial charge < -0.3 is 9.84 Å². The number of amides is 2. The number of carbonyl (C=O) groups excluding carboxylic acids is 2.